The summed E-state index contributed by atoms with van der Waals surface area (Å²) >= 11 is 7.36. The van der Waals surface area contributed by atoms with E-state index in [0.717, 1.165) is 10.2 Å². The van der Waals surface area contributed by atoms with Crippen molar-refractivity contribution < 1.29 is 14.3 Å². The van der Waals surface area contributed by atoms with E-state index in [1.165, 1.54) is 11.3 Å². The molecule has 0 unspecified atom stereocenters. The molecule has 1 heterocycles. The predicted octanol–water partition coefficient (Wildman–Crippen LogP) is 4.62. The maximum absolute atomic E-state index is 12.6. The lowest BCUT2D eigenvalue weighted by atomic mass is 10.2. The molecule has 0 bridgehead atoms. The van der Waals surface area contributed by atoms with E-state index < -0.39 is 0 Å². The van der Waals surface area contributed by atoms with Gasteiger partial charge in [0.1, 0.15) is 12.4 Å². The van der Waals surface area contributed by atoms with E-state index >= 15 is 0 Å². The van der Waals surface area contributed by atoms with Gasteiger partial charge < -0.3 is 9.47 Å². The molecule has 0 aliphatic carbocycles. The number of para-hydroxylation sites is 1. The maximum atomic E-state index is 12.6. The first kappa shape index (κ1) is 17.7. The Hall–Kier alpha value is -2.15. The molecular weight excluding hydrogens is 360 g/mol. The zero-order valence-corrected chi connectivity index (χ0v) is 15.2. The van der Waals surface area contributed by atoms with Crippen LogP contribution in [0.5, 0.6) is 5.75 Å². The van der Waals surface area contributed by atoms with Gasteiger partial charge >= 0.3 is 0 Å². The van der Waals surface area contributed by atoms with E-state index in [-0.39, 0.29) is 5.91 Å². The van der Waals surface area contributed by atoms with Gasteiger partial charge in [-0.15, -0.1) is 0 Å². The molecule has 3 rings (SSSR count). The van der Waals surface area contributed by atoms with Gasteiger partial charge in [-0.1, -0.05) is 35.1 Å². The van der Waals surface area contributed by atoms with Gasteiger partial charge in [0.2, 0.25) is 0 Å². The molecule has 0 saturated heterocycles. The summed E-state index contributed by atoms with van der Waals surface area (Å²) in [6, 6.07) is 12.5. The number of ether oxygens (including phenoxy) is 2. The van der Waals surface area contributed by atoms with E-state index in [0.29, 0.717) is 41.3 Å². The zero-order valence-electron chi connectivity index (χ0n) is 13.6. The van der Waals surface area contributed by atoms with Crippen LogP contribution < -0.4 is 10.1 Å². The van der Waals surface area contributed by atoms with Crippen molar-refractivity contribution in [1.82, 2.24) is 4.98 Å². The molecule has 5 nitrogen and oxygen atoms in total. The number of hydrogen-bond acceptors (Lipinski definition) is 5. The van der Waals surface area contributed by atoms with Gasteiger partial charge in [-0.3, -0.25) is 10.1 Å². The fraction of sp³-hybridized carbons (Fsp3) is 0.222. The quantitative estimate of drug-likeness (QED) is 0.611. The van der Waals surface area contributed by atoms with Crippen LogP contribution in [0.4, 0.5) is 5.13 Å². The van der Waals surface area contributed by atoms with Crippen LogP contribution in [0.1, 0.15) is 17.3 Å². The van der Waals surface area contributed by atoms with Gasteiger partial charge in [0, 0.05) is 11.6 Å². The second kappa shape index (κ2) is 8.29. The van der Waals surface area contributed by atoms with Gasteiger partial charge in [-0.2, -0.15) is 0 Å². The summed E-state index contributed by atoms with van der Waals surface area (Å²) in [6.07, 6.45) is 0. The van der Waals surface area contributed by atoms with Crippen LogP contribution in [0.15, 0.2) is 42.5 Å². The molecule has 0 saturated carbocycles. The molecule has 1 N–H and O–H groups in total. The highest BCUT2D eigenvalue weighted by molar-refractivity contribution is 7.22. The Morgan fingerprint density at radius 3 is 2.92 bits per heavy atom. The predicted molar refractivity (Wildman–Crippen MR) is 101 cm³/mol. The number of hydrogen-bond donors (Lipinski definition) is 1. The van der Waals surface area contributed by atoms with Crippen LogP contribution in [0.3, 0.4) is 0 Å². The Kier molecular flexibility index (Phi) is 5.86. The number of aromatic nitrogens is 1. The van der Waals surface area contributed by atoms with Gasteiger partial charge in [-0.25, -0.2) is 4.98 Å². The lowest BCUT2D eigenvalue weighted by Crippen LogP contribution is -2.15. The van der Waals surface area contributed by atoms with Crippen LogP contribution in [-0.4, -0.2) is 30.7 Å². The van der Waals surface area contributed by atoms with Crippen LogP contribution >= 0.6 is 22.9 Å². The highest BCUT2D eigenvalue weighted by Crippen LogP contribution is 2.29. The number of amides is 1. The molecule has 1 amide bonds. The number of halogens is 1. The second-order valence-corrected chi connectivity index (χ2v) is 6.59. The number of nitrogens with zero attached hydrogens (tertiary/aromatic N) is 1. The minimum Gasteiger partial charge on any atom is -0.490 e. The number of carbonyl (C=O) groups is 1. The fourth-order valence-corrected chi connectivity index (χ4v) is 3.39. The third-order valence-corrected chi connectivity index (χ3v) is 4.56. The molecule has 0 aliphatic heterocycles. The van der Waals surface area contributed by atoms with Crippen molar-refractivity contribution in [1.29, 1.82) is 0 Å². The first-order valence-electron chi connectivity index (χ1n) is 7.84. The monoisotopic (exact) mass is 376 g/mol. The van der Waals surface area contributed by atoms with E-state index in [1.807, 2.05) is 25.1 Å². The van der Waals surface area contributed by atoms with Crippen molar-refractivity contribution in [2.45, 2.75) is 6.92 Å². The number of fused-ring (bicyclic) bond motifs is 1. The van der Waals surface area contributed by atoms with Gasteiger partial charge in [0.15, 0.2) is 5.13 Å². The number of thiazole rings is 1. The first-order valence-corrected chi connectivity index (χ1v) is 9.04. The Morgan fingerprint density at radius 1 is 1.24 bits per heavy atom. The number of nitrogens with one attached hydrogen (secondary N) is 1. The standard InChI is InChI=1S/C18H17ClN2O3S/c1-2-23-9-10-24-15-6-4-3-5-13(15)17(22)21-18-20-14-8-7-12(19)11-16(14)25-18/h3-8,11H,2,9-10H2,1H3,(H,20,21,22). The van der Waals surface area contributed by atoms with E-state index in [4.69, 9.17) is 21.1 Å². The molecule has 25 heavy (non-hydrogen) atoms. The average Bonchev–Trinajstić information content (AvgIpc) is 3.00. The van der Waals surface area contributed by atoms with Crippen molar-refractivity contribution >= 4 is 44.2 Å². The summed E-state index contributed by atoms with van der Waals surface area (Å²) in [6.45, 7) is 3.42. The lowest BCUT2D eigenvalue weighted by Gasteiger charge is -2.10. The summed E-state index contributed by atoms with van der Waals surface area (Å²) in [4.78, 5) is 17.0. The summed E-state index contributed by atoms with van der Waals surface area (Å²) in [5, 5.41) is 3.98. The van der Waals surface area contributed by atoms with Crippen LogP contribution in [0.2, 0.25) is 5.02 Å². The van der Waals surface area contributed by atoms with Crippen molar-refractivity contribution in [2.24, 2.45) is 0 Å². The minimum absolute atomic E-state index is 0.267. The lowest BCUT2D eigenvalue weighted by molar-refractivity contribution is 0.0998. The third kappa shape index (κ3) is 4.48. The fourth-order valence-electron chi connectivity index (χ4n) is 2.25. The van der Waals surface area contributed by atoms with Crippen molar-refractivity contribution in [3.63, 3.8) is 0 Å². The van der Waals surface area contributed by atoms with E-state index in [2.05, 4.69) is 10.3 Å². The van der Waals surface area contributed by atoms with Crippen LogP contribution in [-0.2, 0) is 4.74 Å². The Balaban J connectivity index is 1.73. The summed E-state index contributed by atoms with van der Waals surface area (Å²) in [5.74, 6) is 0.251. The molecule has 7 heteroatoms. The highest BCUT2D eigenvalue weighted by Gasteiger charge is 2.14. The molecule has 0 spiro atoms. The maximum Gasteiger partial charge on any atom is 0.261 e. The molecule has 3 aromatic rings. The Bertz CT molecular complexity index is 882. The molecule has 0 fully saturated rings. The topological polar surface area (TPSA) is 60.5 Å². The highest BCUT2D eigenvalue weighted by atomic mass is 35.5. The van der Waals surface area contributed by atoms with Crippen molar-refractivity contribution in [3.8, 4) is 5.75 Å². The van der Waals surface area contributed by atoms with Crippen LogP contribution in [0.25, 0.3) is 10.2 Å². The Morgan fingerprint density at radius 2 is 2.08 bits per heavy atom. The summed E-state index contributed by atoms with van der Waals surface area (Å²) in [5.41, 5.74) is 1.25. The molecule has 130 valence electrons. The average molecular weight is 377 g/mol. The Labute approximate surface area is 154 Å². The SMILES string of the molecule is CCOCCOc1ccccc1C(=O)Nc1nc2ccc(Cl)cc2s1. The van der Waals surface area contributed by atoms with Crippen molar-refractivity contribution in [2.75, 3.05) is 25.1 Å². The van der Waals surface area contributed by atoms with Gasteiger partial charge in [-0.05, 0) is 37.3 Å². The molecular formula is C18H17ClN2O3S. The van der Waals surface area contributed by atoms with E-state index in [9.17, 15) is 4.79 Å². The number of benzene rings is 2. The molecule has 0 atom stereocenters. The minimum atomic E-state index is -0.267. The summed E-state index contributed by atoms with van der Waals surface area (Å²) in [7, 11) is 0. The molecule has 2 aromatic carbocycles. The summed E-state index contributed by atoms with van der Waals surface area (Å²) < 4.78 is 11.8. The number of rotatable bonds is 7. The van der Waals surface area contributed by atoms with Gasteiger partial charge in [0.05, 0.1) is 22.4 Å². The second-order valence-electron chi connectivity index (χ2n) is 5.13. The van der Waals surface area contributed by atoms with Crippen LogP contribution in [0, 0.1) is 0 Å². The van der Waals surface area contributed by atoms with Crippen molar-refractivity contribution in [3.05, 3.63) is 53.1 Å². The smallest absolute Gasteiger partial charge is 0.261 e. The normalized spacial score (nSPS) is 10.8. The largest absolute Gasteiger partial charge is 0.490 e. The molecule has 1 aromatic heterocycles. The first-order chi connectivity index (χ1) is 12.2. The molecule has 0 aliphatic rings. The third-order valence-electron chi connectivity index (χ3n) is 3.39. The van der Waals surface area contributed by atoms with Gasteiger partial charge in [0.25, 0.3) is 5.91 Å². The number of carbonyl (C=O) groups excluding carboxylic acids is 1. The van der Waals surface area contributed by atoms with E-state index in [1.54, 1.807) is 24.3 Å². The zero-order chi connectivity index (χ0) is 17.6. The number of anilines is 1. The molecule has 0 radical (unpaired) electrons.